The number of ether oxygens (including phenoxy) is 1. The second-order valence-corrected chi connectivity index (χ2v) is 10.7. The van der Waals surface area contributed by atoms with Gasteiger partial charge in [0.2, 0.25) is 0 Å². The van der Waals surface area contributed by atoms with Crippen LogP contribution in [0.5, 0.6) is 0 Å². The first kappa shape index (κ1) is 31.0. The first-order valence-corrected chi connectivity index (χ1v) is 12.3. The molecule has 0 bridgehead atoms. The molecule has 37 heavy (non-hydrogen) atoms. The van der Waals surface area contributed by atoms with Crippen molar-refractivity contribution < 1.29 is 23.0 Å². The van der Waals surface area contributed by atoms with Gasteiger partial charge in [-0.3, -0.25) is 9.88 Å². The molecule has 2 saturated heterocycles. The molecule has 3 aliphatic rings. The van der Waals surface area contributed by atoms with Gasteiger partial charge in [-0.2, -0.15) is 13.2 Å². The Morgan fingerprint density at radius 2 is 1.78 bits per heavy atom. The molecule has 3 fully saturated rings. The Labute approximate surface area is 219 Å². The van der Waals surface area contributed by atoms with Crippen molar-refractivity contribution in [3.05, 3.63) is 47.6 Å². The third kappa shape index (κ3) is 7.42. The van der Waals surface area contributed by atoms with Gasteiger partial charge in [0.15, 0.2) is 5.69 Å². The molecule has 2 radical (unpaired) electrons. The highest BCUT2D eigenvalue weighted by atomic mass is 19.4. The lowest BCUT2D eigenvalue weighted by Gasteiger charge is -2.50. The standard InChI is InChI=1S/C15H26BNO2.C10H11F3N4.CH4/c1-14(2)10-19-7-6-13(14)15(16,18)17-8-11-4-3-5-12(11)9-17;11-10(12,13)9-6(2-1-5-17-9)7(14)3-4-8(15)16;/h11-13,18H,3-10H2,1-2H3;1-5H,14-16H2;1H4/b;7-3-;. The van der Waals surface area contributed by atoms with E-state index >= 15 is 0 Å². The van der Waals surface area contributed by atoms with Crippen molar-refractivity contribution in [3.63, 3.8) is 0 Å². The van der Waals surface area contributed by atoms with Crippen LogP contribution in [0.3, 0.4) is 0 Å². The number of allylic oxidation sites excluding steroid dienone is 2. The summed E-state index contributed by atoms with van der Waals surface area (Å²) in [5.41, 5.74) is 13.2. The molecule has 0 amide bonds. The van der Waals surface area contributed by atoms with Gasteiger partial charge in [-0.25, -0.2) is 0 Å². The van der Waals surface area contributed by atoms with Crippen molar-refractivity contribution in [1.82, 2.24) is 9.88 Å². The number of nitrogens with two attached hydrogens (primary N) is 3. The maximum Gasteiger partial charge on any atom is 0.434 e. The minimum absolute atomic E-state index is 0. The molecular weight excluding hydrogens is 482 g/mol. The van der Waals surface area contributed by atoms with Gasteiger partial charge in [0, 0.05) is 43.1 Å². The fourth-order valence-corrected chi connectivity index (χ4v) is 5.70. The summed E-state index contributed by atoms with van der Waals surface area (Å²) in [6.45, 7) is 7.68. The van der Waals surface area contributed by atoms with Crippen LogP contribution in [-0.2, 0) is 10.9 Å². The number of hydrogen-bond donors (Lipinski definition) is 4. The zero-order chi connectivity index (χ0) is 26.7. The number of aromatic nitrogens is 1. The lowest BCUT2D eigenvalue weighted by atomic mass is 9.63. The van der Waals surface area contributed by atoms with Gasteiger partial charge in [-0.05, 0) is 60.8 Å². The monoisotopic (exact) mass is 523 g/mol. The summed E-state index contributed by atoms with van der Waals surface area (Å²) in [5.74, 6) is 1.56. The van der Waals surface area contributed by atoms with Crippen LogP contribution in [0.15, 0.2) is 36.3 Å². The van der Waals surface area contributed by atoms with Crippen LogP contribution >= 0.6 is 0 Å². The van der Waals surface area contributed by atoms with Gasteiger partial charge < -0.3 is 27.0 Å². The molecule has 1 saturated carbocycles. The van der Waals surface area contributed by atoms with E-state index < -0.39 is 17.5 Å². The number of likely N-dealkylation sites (tertiary alicyclic amines) is 1. The second kappa shape index (κ2) is 12.1. The normalized spacial score (nSPS) is 27.2. The molecule has 0 spiro atoms. The van der Waals surface area contributed by atoms with E-state index in [2.05, 4.69) is 23.7 Å². The average Bonchev–Trinajstić information content (AvgIpc) is 3.40. The third-order valence-corrected chi connectivity index (χ3v) is 7.56. The largest absolute Gasteiger partial charge is 0.434 e. The molecule has 1 aliphatic carbocycles. The fourth-order valence-electron chi connectivity index (χ4n) is 5.70. The second-order valence-electron chi connectivity index (χ2n) is 10.7. The number of alkyl halides is 3. The van der Waals surface area contributed by atoms with Crippen molar-refractivity contribution in [2.24, 2.45) is 40.4 Å². The van der Waals surface area contributed by atoms with E-state index in [4.69, 9.17) is 29.8 Å². The van der Waals surface area contributed by atoms with Crippen LogP contribution in [0.2, 0.25) is 0 Å². The third-order valence-electron chi connectivity index (χ3n) is 7.56. The predicted molar refractivity (Wildman–Crippen MR) is 140 cm³/mol. The van der Waals surface area contributed by atoms with Gasteiger partial charge >= 0.3 is 6.18 Å². The molecule has 2 aliphatic heterocycles. The molecule has 4 unspecified atom stereocenters. The van der Waals surface area contributed by atoms with Gasteiger partial charge in [0.05, 0.1) is 18.1 Å². The Kier molecular flexibility index (Phi) is 10.1. The summed E-state index contributed by atoms with van der Waals surface area (Å²) in [4.78, 5) is 5.42. The van der Waals surface area contributed by atoms with Crippen LogP contribution in [-0.4, -0.2) is 54.8 Å². The van der Waals surface area contributed by atoms with Crippen molar-refractivity contribution in [1.29, 1.82) is 0 Å². The van der Waals surface area contributed by atoms with Crippen LogP contribution in [0.1, 0.15) is 58.2 Å². The molecule has 4 atom stereocenters. The predicted octanol–water partition coefficient (Wildman–Crippen LogP) is 3.39. The molecule has 1 aromatic heterocycles. The van der Waals surface area contributed by atoms with E-state index in [1.807, 2.05) is 0 Å². The summed E-state index contributed by atoms with van der Waals surface area (Å²) >= 11 is 0. The van der Waals surface area contributed by atoms with Gasteiger partial charge in [-0.1, -0.05) is 27.7 Å². The zero-order valence-corrected chi connectivity index (χ0v) is 21.0. The smallest absolute Gasteiger partial charge is 0.398 e. The van der Waals surface area contributed by atoms with Crippen molar-refractivity contribution >= 4 is 13.5 Å². The van der Waals surface area contributed by atoms with E-state index in [1.165, 1.54) is 43.5 Å². The van der Waals surface area contributed by atoms with Gasteiger partial charge in [-0.15, -0.1) is 0 Å². The summed E-state index contributed by atoms with van der Waals surface area (Å²) in [6, 6.07) is 2.59. The van der Waals surface area contributed by atoms with E-state index in [0.29, 0.717) is 13.2 Å². The number of fused-ring (bicyclic) bond motifs is 1. The molecule has 1 aromatic rings. The summed E-state index contributed by atoms with van der Waals surface area (Å²) in [7, 11) is 6.40. The Morgan fingerprint density at radius 1 is 1.16 bits per heavy atom. The maximum atomic E-state index is 12.6. The number of hydrogen-bond acceptors (Lipinski definition) is 7. The topological polar surface area (TPSA) is 124 Å². The van der Waals surface area contributed by atoms with Crippen molar-refractivity contribution in [2.45, 2.75) is 58.8 Å². The zero-order valence-electron chi connectivity index (χ0n) is 21.0. The first-order valence-electron chi connectivity index (χ1n) is 12.3. The Morgan fingerprint density at radius 3 is 2.32 bits per heavy atom. The minimum atomic E-state index is -4.56. The number of aliphatic hydroxyl groups is 1. The summed E-state index contributed by atoms with van der Waals surface area (Å²) in [5, 5.41) is 11.0. The van der Waals surface area contributed by atoms with E-state index in [1.54, 1.807) is 0 Å². The van der Waals surface area contributed by atoms with Gasteiger partial charge in [0.1, 0.15) is 7.85 Å². The number of nitrogens with zero attached hydrogens (tertiary/aromatic N) is 2. The van der Waals surface area contributed by atoms with Crippen LogP contribution < -0.4 is 17.2 Å². The number of halogens is 3. The molecule has 11 heteroatoms. The highest BCUT2D eigenvalue weighted by Crippen LogP contribution is 2.46. The van der Waals surface area contributed by atoms with Crippen molar-refractivity contribution in [2.75, 3.05) is 26.3 Å². The Bertz CT molecular complexity index is 952. The maximum absolute atomic E-state index is 12.6. The lowest BCUT2D eigenvalue weighted by molar-refractivity contribution is -0.153. The fraction of sp³-hybridized carbons (Fsp3) is 0.654. The molecular formula is C26H41BF3N5O2. The molecule has 4 rings (SSSR count). The van der Waals surface area contributed by atoms with Crippen molar-refractivity contribution in [3.8, 4) is 0 Å². The number of rotatable bonds is 4. The summed E-state index contributed by atoms with van der Waals surface area (Å²) < 4.78 is 43.4. The Hall–Kier alpha value is -2.24. The highest BCUT2D eigenvalue weighted by molar-refractivity contribution is 6.14. The van der Waals surface area contributed by atoms with Crippen LogP contribution in [0.4, 0.5) is 13.2 Å². The van der Waals surface area contributed by atoms with Crippen LogP contribution in [0, 0.1) is 23.2 Å². The van der Waals surface area contributed by atoms with E-state index in [0.717, 1.165) is 37.5 Å². The van der Waals surface area contributed by atoms with Gasteiger partial charge in [0.25, 0.3) is 0 Å². The number of pyridine rings is 1. The molecule has 3 heterocycles. The highest BCUT2D eigenvalue weighted by Gasteiger charge is 2.50. The van der Waals surface area contributed by atoms with Crippen LogP contribution in [0.25, 0.3) is 5.70 Å². The van der Waals surface area contributed by atoms with E-state index in [-0.39, 0.29) is 35.8 Å². The Balaban J connectivity index is 0.000000255. The minimum Gasteiger partial charge on any atom is -0.398 e. The van der Waals surface area contributed by atoms with E-state index in [9.17, 15) is 18.3 Å². The lowest BCUT2D eigenvalue weighted by Crippen LogP contribution is -2.60. The quantitative estimate of drug-likeness (QED) is 0.352. The molecule has 7 nitrogen and oxygen atoms in total. The SMILES string of the molecule is C.NC(N)=C/C=C(\N)c1cccnc1C(F)(F)F.[B]C(O)(C1CCOCC1(C)C)N1CC2CCCC2C1. The first-order chi connectivity index (χ1) is 16.7. The molecule has 7 N–H and O–H groups in total. The molecule has 206 valence electrons. The summed E-state index contributed by atoms with van der Waals surface area (Å²) in [6.07, 6.45) is 3.73. The molecule has 0 aromatic carbocycles. The average molecular weight is 523 g/mol.